The number of fused-ring (bicyclic) bond motifs is 1. The first-order chi connectivity index (χ1) is 9.03. The highest BCUT2D eigenvalue weighted by Gasteiger charge is 2.35. The average Bonchev–Trinajstić information content (AvgIpc) is 3.06. The fraction of sp³-hybridized carbons (Fsp3) is 0.769. The van der Waals surface area contributed by atoms with Crippen molar-refractivity contribution in [3.63, 3.8) is 0 Å². The van der Waals surface area contributed by atoms with E-state index in [9.17, 15) is 8.42 Å². The van der Waals surface area contributed by atoms with Gasteiger partial charge in [0.1, 0.15) is 5.82 Å². The van der Waals surface area contributed by atoms with Crippen LogP contribution in [0.1, 0.15) is 57.0 Å². The van der Waals surface area contributed by atoms with Crippen molar-refractivity contribution in [2.75, 3.05) is 0 Å². The Labute approximate surface area is 114 Å². The average molecular weight is 283 g/mol. The van der Waals surface area contributed by atoms with E-state index in [0.29, 0.717) is 0 Å². The van der Waals surface area contributed by atoms with Crippen LogP contribution < -0.4 is 4.72 Å². The quantitative estimate of drug-likeness (QED) is 0.916. The summed E-state index contributed by atoms with van der Waals surface area (Å²) in [7, 11) is -3.44. The normalized spacial score (nSPS) is 23.4. The smallest absolute Gasteiger partial charge is 0.260 e. The highest BCUT2D eigenvalue weighted by molar-refractivity contribution is 7.89. The number of imidazole rings is 1. The predicted octanol–water partition coefficient (Wildman–Crippen LogP) is 1.78. The van der Waals surface area contributed by atoms with E-state index < -0.39 is 10.0 Å². The molecule has 0 aromatic carbocycles. The highest BCUT2D eigenvalue weighted by atomic mass is 32.2. The molecule has 1 unspecified atom stereocenters. The zero-order valence-corrected chi connectivity index (χ0v) is 12.3. The minimum Gasteiger partial charge on any atom is -0.330 e. The molecule has 2 aliphatic rings. The first-order valence-corrected chi connectivity index (χ1v) is 8.63. The second-order valence-corrected chi connectivity index (χ2v) is 7.29. The molecule has 5 nitrogen and oxygen atoms in total. The SMILES string of the molecule is CCc1nc(S(=O)(=O)NC2CC2)c2n1CCCC2C. The van der Waals surface area contributed by atoms with Crippen LogP contribution in [0.4, 0.5) is 0 Å². The van der Waals surface area contributed by atoms with Crippen molar-refractivity contribution < 1.29 is 8.42 Å². The second kappa shape index (κ2) is 4.59. The number of nitrogens with zero attached hydrogens (tertiary/aromatic N) is 2. The van der Waals surface area contributed by atoms with Gasteiger partial charge in [-0.25, -0.2) is 18.1 Å². The summed E-state index contributed by atoms with van der Waals surface area (Å²) in [6.45, 7) is 5.02. The van der Waals surface area contributed by atoms with Crippen LogP contribution in [-0.2, 0) is 23.0 Å². The summed E-state index contributed by atoms with van der Waals surface area (Å²) in [6.07, 6.45) is 4.82. The van der Waals surface area contributed by atoms with Crippen molar-refractivity contribution in [1.82, 2.24) is 14.3 Å². The standard InChI is InChI=1S/C13H21N3O2S/c1-3-11-14-13(19(17,18)15-10-6-7-10)12-9(2)5-4-8-16(11)12/h9-10,15H,3-8H2,1-2H3. The lowest BCUT2D eigenvalue weighted by molar-refractivity contribution is 0.457. The van der Waals surface area contributed by atoms with Crippen LogP contribution in [0.15, 0.2) is 5.03 Å². The molecular weight excluding hydrogens is 262 g/mol. The minimum absolute atomic E-state index is 0.131. The number of nitrogens with one attached hydrogen (secondary N) is 1. The summed E-state index contributed by atoms with van der Waals surface area (Å²) >= 11 is 0. The van der Waals surface area contributed by atoms with Gasteiger partial charge in [-0.1, -0.05) is 13.8 Å². The predicted molar refractivity (Wildman–Crippen MR) is 72.6 cm³/mol. The van der Waals surface area contributed by atoms with E-state index in [0.717, 1.165) is 50.2 Å². The molecule has 0 spiro atoms. The molecule has 106 valence electrons. The van der Waals surface area contributed by atoms with Crippen molar-refractivity contribution in [2.45, 2.75) is 69.5 Å². The van der Waals surface area contributed by atoms with Gasteiger partial charge in [-0.15, -0.1) is 0 Å². The Morgan fingerprint density at radius 1 is 1.37 bits per heavy atom. The molecule has 1 atom stereocenters. The summed E-state index contributed by atoms with van der Waals surface area (Å²) in [5, 5.41) is 0.281. The number of hydrogen-bond donors (Lipinski definition) is 1. The fourth-order valence-corrected chi connectivity index (χ4v) is 4.45. The number of aromatic nitrogens is 2. The molecule has 6 heteroatoms. The molecule has 0 bridgehead atoms. The van der Waals surface area contributed by atoms with Crippen molar-refractivity contribution in [3.05, 3.63) is 11.5 Å². The molecule has 0 amide bonds. The van der Waals surface area contributed by atoms with Crippen molar-refractivity contribution in [2.24, 2.45) is 0 Å². The largest absolute Gasteiger partial charge is 0.330 e. The molecule has 3 rings (SSSR count). The summed E-state index contributed by atoms with van der Waals surface area (Å²) in [4.78, 5) is 4.43. The molecule has 19 heavy (non-hydrogen) atoms. The molecule has 1 N–H and O–H groups in total. The summed E-state index contributed by atoms with van der Waals surface area (Å²) < 4.78 is 29.8. The number of sulfonamides is 1. The van der Waals surface area contributed by atoms with Gasteiger partial charge >= 0.3 is 0 Å². The van der Waals surface area contributed by atoms with E-state index in [-0.39, 0.29) is 17.0 Å². The van der Waals surface area contributed by atoms with Crippen LogP contribution in [0.5, 0.6) is 0 Å². The second-order valence-electron chi connectivity index (χ2n) is 5.66. The third-order valence-corrected chi connectivity index (χ3v) is 5.46. The zero-order chi connectivity index (χ0) is 13.6. The topological polar surface area (TPSA) is 64.0 Å². The van der Waals surface area contributed by atoms with E-state index in [4.69, 9.17) is 0 Å². The fourth-order valence-electron chi connectivity index (χ4n) is 2.85. The van der Waals surface area contributed by atoms with Gasteiger partial charge in [0.15, 0.2) is 5.03 Å². The van der Waals surface area contributed by atoms with Crippen molar-refractivity contribution >= 4 is 10.0 Å². The Morgan fingerprint density at radius 2 is 2.11 bits per heavy atom. The highest BCUT2D eigenvalue weighted by Crippen LogP contribution is 2.33. The van der Waals surface area contributed by atoms with E-state index in [1.165, 1.54) is 0 Å². The third-order valence-electron chi connectivity index (χ3n) is 4.01. The lowest BCUT2D eigenvalue weighted by Crippen LogP contribution is -2.28. The zero-order valence-electron chi connectivity index (χ0n) is 11.5. The number of aryl methyl sites for hydroxylation is 1. The monoisotopic (exact) mass is 283 g/mol. The van der Waals surface area contributed by atoms with Gasteiger partial charge < -0.3 is 4.57 Å². The van der Waals surface area contributed by atoms with E-state index >= 15 is 0 Å². The molecule has 1 aliphatic heterocycles. The van der Waals surface area contributed by atoms with Crippen LogP contribution in [0, 0.1) is 0 Å². The van der Waals surface area contributed by atoms with Gasteiger partial charge in [0.2, 0.25) is 0 Å². The summed E-state index contributed by atoms with van der Waals surface area (Å²) in [5.74, 6) is 1.17. The molecule has 2 heterocycles. The molecule has 1 fully saturated rings. The minimum atomic E-state index is -3.44. The lowest BCUT2D eigenvalue weighted by atomic mass is 9.98. The van der Waals surface area contributed by atoms with Crippen LogP contribution in [-0.4, -0.2) is 24.0 Å². The van der Waals surface area contributed by atoms with E-state index in [2.05, 4.69) is 21.2 Å². The number of rotatable bonds is 4. The van der Waals surface area contributed by atoms with Gasteiger partial charge in [-0.05, 0) is 31.6 Å². The Balaban J connectivity index is 2.07. The van der Waals surface area contributed by atoms with Crippen LogP contribution >= 0.6 is 0 Å². The van der Waals surface area contributed by atoms with E-state index in [1.807, 2.05) is 6.92 Å². The molecule has 1 saturated carbocycles. The number of hydrogen-bond acceptors (Lipinski definition) is 3. The van der Waals surface area contributed by atoms with Gasteiger partial charge in [-0.2, -0.15) is 0 Å². The molecular formula is C13H21N3O2S. The van der Waals surface area contributed by atoms with Gasteiger partial charge in [0.25, 0.3) is 10.0 Å². The van der Waals surface area contributed by atoms with Gasteiger partial charge in [0.05, 0.1) is 5.69 Å². The van der Waals surface area contributed by atoms with E-state index in [1.54, 1.807) is 0 Å². The van der Waals surface area contributed by atoms with Crippen LogP contribution in [0.2, 0.25) is 0 Å². The maximum absolute atomic E-state index is 12.4. The lowest BCUT2D eigenvalue weighted by Gasteiger charge is -2.23. The maximum atomic E-state index is 12.4. The summed E-state index contributed by atoms with van der Waals surface area (Å²) in [6, 6.07) is 0.131. The van der Waals surface area contributed by atoms with Gasteiger partial charge in [-0.3, -0.25) is 0 Å². The van der Waals surface area contributed by atoms with Crippen LogP contribution in [0.3, 0.4) is 0 Å². The molecule has 1 aromatic rings. The first kappa shape index (κ1) is 13.1. The van der Waals surface area contributed by atoms with Crippen LogP contribution in [0.25, 0.3) is 0 Å². The first-order valence-electron chi connectivity index (χ1n) is 7.14. The van der Waals surface area contributed by atoms with Crippen molar-refractivity contribution in [3.8, 4) is 0 Å². The summed E-state index contributed by atoms with van der Waals surface area (Å²) in [5.41, 5.74) is 0.913. The molecule has 0 saturated heterocycles. The Kier molecular flexibility index (Phi) is 3.17. The Hall–Kier alpha value is -0.880. The molecule has 0 radical (unpaired) electrons. The third kappa shape index (κ3) is 2.31. The van der Waals surface area contributed by atoms with Crippen molar-refractivity contribution in [1.29, 1.82) is 0 Å². The Bertz CT molecular complexity index is 587. The molecule has 1 aromatic heterocycles. The Morgan fingerprint density at radius 3 is 2.74 bits per heavy atom. The maximum Gasteiger partial charge on any atom is 0.260 e. The van der Waals surface area contributed by atoms with Gasteiger partial charge in [0, 0.05) is 19.0 Å². The molecule has 1 aliphatic carbocycles.